The second-order valence-corrected chi connectivity index (χ2v) is 6.22. The van der Waals surface area contributed by atoms with Crippen LogP contribution in [-0.2, 0) is 18.2 Å². The van der Waals surface area contributed by atoms with E-state index >= 15 is 0 Å². The van der Waals surface area contributed by atoms with Crippen LogP contribution in [0.15, 0.2) is 47.2 Å². The Morgan fingerprint density at radius 2 is 2.12 bits per heavy atom. The van der Waals surface area contributed by atoms with Crippen LogP contribution in [0.2, 0.25) is 0 Å². The fourth-order valence-electron chi connectivity index (χ4n) is 3.08. The van der Waals surface area contributed by atoms with Crippen LogP contribution in [-0.4, -0.2) is 51.1 Å². The van der Waals surface area contributed by atoms with Crippen molar-refractivity contribution in [1.82, 2.24) is 24.8 Å². The van der Waals surface area contributed by atoms with E-state index in [4.69, 9.17) is 9.26 Å². The fraction of sp³-hybridized carbons (Fsp3) is 0.389. The maximum atomic E-state index is 5.66. The first-order chi connectivity index (χ1) is 12.3. The molecule has 0 saturated carbocycles. The molecule has 1 aliphatic rings. The van der Waals surface area contributed by atoms with Crippen molar-refractivity contribution in [2.24, 2.45) is 7.05 Å². The summed E-state index contributed by atoms with van der Waals surface area (Å²) in [7, 11) is 1.86. The molecule has 1 saturated heterocycles. The van der Waals surface area contributed by atoms with Crippen LogP contribution in [0.1, 0.15) is 17.4 Å². The third-order valence-electron chi connectivity index (χ3n) is 4.46. The molecule has 0 amide bonds. The Bertz CT molecular complexity index is 814. The minimum atomic E-state index is 0.0200. The van der Waals surface area contributed by atoms with Gasteiger partial charge in [-0.05, 0) is 12.0 Å². The van der Waals surface area contributed by atoms with Gasteiger partial charge in [-0.25, -0.2) is 0 Å². The first-order valence-corrected chi connectivity index (χ1v) is 8.48. The number of nitrogens with zero attached hydrogens (tertiary/aromatic N) is 5. The van der Waals surface area contributed by atoms with E-state index in [1.54, 1.807) is 10.9 Å². The molecule has 1 fully saturated rings. The number of morpholine rings is 1. The average Bonchev–Trinajstić information content (AvgIpc) is 3.30. The second-order valence-electron chi connectivity index (χ2n) is 6.22. The summed E-state index contributed by atoms with van der Waals surface area (Å²) in [6.45, 7) is 3.13. The summed E-state index contributed by atoms with van der Waals surface area (Å²) in [4.78, 5) is 6.94. The lowest BCUT2D eigenvalue weighted by Gasteiger charge is -2.33. The lowest BCUT2D eigenvalue weighted by molar-refractivity contribution is -0.0118. The van der Waals surface area contributed by atoms with Crippen molar-refractivity contribution in [2.75, 3.05) is 26.3 Å². The largest absolute Gasteiger partial charge is 0.378 e. The highest BCUT2D eigenvalue weighted by Crippen LogP contribution is 2.25. The average molecular weight is 339 g/mol. The van der Waals surface area contributed by atoms with Gasteiger partial charge in [-0.3, -0.25) is 9.58 Å². The molecule has 3 heterocycles. The van der Waals surface area contributed by atoms with Crippen molar-refractivity contribution in [1.29, 1.82) is 0 Å². The summed E-state index contributed by atoms with van der Waals surface area (Å²) in [6, 6.07) is 10.5. The van der Waals surface area contributed by atoms with Crippen molar-refractivity contribution in [3.63, 3.8) is 0 Å². The van der Waals surface area contributed by atoms with E-state index in [0.717, 1.165) is 31.7 Å². The number of rotatable bonds is 5. The van der Waals surface area contributed by atoms with Gasteiger partial charge in [0.15, 0.2) is 5.82 Å². The molecule has 4 rings (SSSR count). The number of hydrogen-bond acceptors (Lipinski definition) is 6. The number of aryl methyl sites for hydroxylation is 1. The zero-order chi connectivity index (χ0) is 17.1. The van der Waals surface area contributed by atoms with Crippen molar-refractivity contribution in [2.45, 2.75) is 12.5 Å². The molecule has 1 aliphatic heterocycles. The Kier molecular flexibility index (Phi) is 4.58. The molecule has 3 aromatic rings. The molecule has 7 nitrogen and oxygen atoms in total. The summed E-state index contributed by atoms with van der Waals surface area (Å²) in [5.41, 5.74) is 2.16. The van der Waals surface area contributed by atoms with Gasteiger partial charge < -0.3 is 9.26 Å². The van der Waals surface area contributed by atoms with E-state index in [9.17, 15) is 0 Å². The molecule has 0 unspecified atom stereocenters. The van der Waals surface area contributed by atoms with Crippen LogP contribution in [0.4, 0.5) is 0 Å². The number of aromatic nitrogens is 4. The lowest BCUT2D eigenvalue weighted by Crippen LogP contribution is -2.41. The minimum Gasteiger partial charge on any atom is -0.378 e. The van der Waals surface area contributed by atoms with Crippen LogP contribution < -0.4 is 0 Å². The molecule has 0 aliphatic carbocycles. The number of hydrogen-bond donors (Lipinski definition) is 0. The van der Waals surface area contributed by atoms with Gasteiger partial charge in [-0.2, -0.15) is 10.1 Å². The van der Waals surface area contributed by atoms with E-state index in [2.05, 4.69) is 44.4 Å². The van der Waals surface area contributed by atoms with E-state index in [1.807, 2.05) is 19.3 Å². The highest BCUT2D eigenvalue weighted by molar-refractivity contribution is 5.49. The van der Waals surface area contributed by atoms with E-state index in [1.165, 1.54) is 5.56 Å². The highest BCUT2D eigenvalue weighted by Gasteiger charge is 2.29. The molecule has 2 aromatic heterocycles. The Morgan fingerprint density at radius 3 is 2.92 bits per heavy atom. The van der Waals surface area contributed by atoms with Crippen LogP contribution in [0.25, 0.3) is 11.5 Å². The molecule has 0 bridgehead atoms. The van der Waals surface area contributed by atoms with Crippen molar-refractivity contribution >= 4 is 0 Å². The monoisotopic (exact) mass is 339 g/mol. The summed E-state index contributed by atoms with van der Waals surface area (Å²) < 4.78 is 12.8. The topological polar surface area (TPSA) is 69.2 Å². The van der Waals surface area contributed by atoms with Gasteiger partial charge in [0.1, 0.15) is 0 Å². The Labute approximate surface area is 146 Å². The molecular weight excluding hydrogens is 318 g/mol. The number of benzene rings is 1. The quantitative estimate of drug-likeness (QED) is 0.709. The van der Waals surface area contributed by atoms with Gasteiger partial charge in [0.05, 0.1) is 31.0 Å². The van der Waals surface area contributed by atoms with Gasteiger partial charge in [0.2, 0.25) is 0 Å². The Balaban J connectivity index is 1.48. The molecule has 130 valence electrons. The van der Waals surface area contributed by atoms with Gasteiger partial charge in [-0.15, -0.1) is 0 Å². The molecular formula is C18H21N5O2. The normalized spacial score (nSPS) is 18.5. The van der Waals surface area contributed by atoms with Gasteiger partial charge >= 0.3 is 0 Å². The van der Waals surface area contributed by atoms with E-state index in [-0.39, 0.29) is 6.04 Å². The zero-order valence-electron chi connectivity index (χ0n) is 14.2. The highest BCUT2D eigenvalue weighted by atomic mass is 16.5. The summed E-state index contributed by atoms with van der Waals surface area (Å²) in [5, 5.41) is 8.33. The number of ether oxygens (including phenoxy) is 1. The van der Waals surface area contributed by atoms with Crippen molar-refractivity contribution in [3.05, 3.63) is 54.1 Å². The van der Waals surface area contributed by atoms with Crippen LogP contribution in [0.3, 0.4) is 0 Å². The molecule has 0 radical (unpaired) electrons. The van der Waals surface area contributed by atoms with Crippen molar-refractivity contribution < 1.29 is 9.26 Å². The third-order valence-corrected chi connectivity index (χ3v) is 4.46. The smallest absolute Gasteiger partial charge is 0.261 e. The SMILES string of the molecule is Cn1cc(-c2nc([C@H]3COCCN3CCc3ccccc3)no2)cn1. The van der Waals surface area contributed by atoms with E-state index in [0.29, 0.717) is 18.3 Å². The summed E-state index contributed by atoms with van der Waals surface area (Å²) in [5.74, 6) is 1.17. The summed E-state index contributed by atoms with van der Waals surface area (Å²) in [6.07, 6.45) is 4.58. The predicted molar refractivity (Wildman–Crippen MR) is 91.8 cm³/mol. The van der Waals surface area contributed by atoms with Crippen LogP contribution in [0, 0.1) is 0 Å². The first kappa shape index (κ1) is 16.0. The van der Waals surface area contributed by atoms with Crippen LogP contribution >= 0.6 is 0 Å². The molecule has 0 spiro atoms. The minimum absolute atomic E-state index is 0.0200. The maximum absolute atomic E-state index is 5.66. The van der Waals surface area contributed by atoms with Gasteiger partial charge in [-0.1, -0.05) is 35.5 Å². The molecule has 0 N–H and O–H groups in total. The standard InChI is InChI=1S/C18H21N5O2/c1-22-12-15(11-19-22)18-20-17(21-25-18)16-13-24-10-9-23(16)8-7-14-5-3-2-4-6-14/h2-6,11-12,16H,7-10,13H2,1H3/t16-/m1/s1. The Hall–Kier alpha value is -2.51. The lowest BCUT2D eigenvalue weighted by atomic mass is 10.1. The molecule has 25 heavy (non-hydrogen) atoms. The Morgan fingerprint density at radius 1 is 1.24 bits per heavy atom. The molecule has 1 atom stereocenters. The second kappa shape index (κ2) is 7.16. The molecule has 1 aromatic carbocycles. The fourth-order valence-corrected chi connectivity index (χ4v) is 3.08. The van der Waals surface area contributed by atoms with Gasteiger partial charge in [0, 0.05) is 26.3 Å². The predicted octanol–water partition coefficient (Wildman–Crippen LogP) is 2.09. The van der Waals surface area contributed by atoms with Crippen LogP contribution in [0.5, 0.6) is 0 Å². The van der Waals surface area contributed by atoms with E-state index < -0.39 is 0 Å². The third kappa shape index (κ3) is 3.62. The molecule has 7 heteroatoms. The first-order valence-electron chi connectivity index (χ1n) is 8.48. The maximum Gasteiger partial charge on any atom is 0.261 e. The van der Waals surface area contributed by atoms with Crippen molar-refractivity contribution in [3.8, 4) is 11.5 Å². The summed E-state index contributed by atoms with van der Waals surface area (Å²) >= 11 is 0. The van der Waals surface area contributed by atoms with Gasteiger partial charge in [0.25, 0.3) is 5.89 Å². The zero-order valence-corrected chi connectivity index (χ0v) is 14.2.